The zero-order chi connectivity index (χ0) is 25.8. The molecule has 2 heterocycles. The minimum Gasteiger partial charge on any atom is -0.387 e. The Labute approximate surface area is 221 Å². The molecule has 1 N–H and O–H groups in total. The second kappa shape index (κ2) is 11.2. The van der Waals surface area contributed by atoms with Crippen LogP contribution in [0.1, 0.15) is 23.4 Å². The normalized spacial score (nSPS) is 12.2. The third-order valence-corrected chi connectivity index (χ3v) is 6.23. The molecule has 0 aliphatic carbocycles. The summed E-state index contributed by atoms with van der Waals surface area (Å²) in [6, 6.07) is 20.0. The standard InChI is InChI=1S/C26H20Cl2FN5O3/c27-20-7-3-1-5-18(20)25-30-23(36-32-25)14-34(13-22(35)16-9-11-17(29)12-10-16)15-24-31-26(33-37-24)19-6-2-4-8-21(19)28/h1-12,22,35H,13-15H2. The number of benzene rings is 3. The molecule has 0 saturated carbocycles. The zero-order valence-electron chi connectivity index (χ0n) is 19.3. The average molecular weight is 540 g/mol. The van der Waals surface area contributed by atoms with Crippen LogP contribution in [-0.2, 0) is 13.1 Å². The van der Waals surface area contributed by atoms with Gasteiger partial charge in [-0.2, -0.15) is 9.97 Å². The Morgan fingerprint density at radius 3 is 1.73 bits per heavy atom. The summed E-state index contributed by atoms with van der Waals surface area (Å²) in [6.07, 6.45) is -0.933. The molecular weight excluding hydrogens is 520 g/mol. The van der Waals surface area contributed by atoms with Crippen LogP contribution >= 0.6 is 23.2 Å². The van der Waals surface area contributed by atoms with Crippen molar-refractivity contribution in [2.45, 2.75) is 19.2 Å². The van der Waals surface area contributed by atoms with Gasteiger partial charge in [-0.05, 0) is 42.0 Å². The third kappa shape index (κ3) is 6.03. The van der Waals surface area contributed by atoms with E-state index < -0.39 is 6.10 Å². The average Bonchev–Trinajstić information content (AvgIpc) is 3.55. The van der Waals surface area contributed by atoms with E-state index in [-0.39, 0.29) is 25.5 Å². The maximum absolute atomic E-state index is 13.4. The van der Waals surface area contributed by atoms with E-state index in [1.165, 1.54) is 24.3 Å². The minimum absolute atomic E-state index is 0.138. The van der Waals surface area contributed by atoms with E-state index in [1.807, 2.05) is 29.2 Å². The molecule has 3 aromatic carbocycles. The van der Waals surface area contributed by atoms with Crippen LogP contribution in [0.25, 0.3) is 22.8 Å². The number of hydrogen-bond acceptors (Lipinski definition) is 8. The Hall–Kier alpha value is -3.63. The van der Waals surface area contributed by atoms with E-state index in [9.17, 15) is 9.50 Å². The summed E-state index contributed by atoms with van der Waals surface area (Å²) < 4.78 is 24.3. The summed E-state index contributed by atoms with van der Waals surface area (Å²) in [7, 11) is 0. The number of nitrogens with zero attached hydrogens (tertiary/aromatic N) is 5. The largest absolute Gasteiger partial charge is 0.387 e. The lowest BCUT2D eigenvalue weighted by Gasteiger charge is -2.22. The van der Waals surface area contributed by atoms with Gasteiger partial charge in [-0.25, -0.2) is 4.39 Å². The van der Waals surface area contributed by atoms with Crippen LogP contribution in [0.3, 0.4) is 0 Å². The Bertz CT molecular complexity index is 1410. The van der Waals surface area contributed by atoms with Crippen LogP contribution < -0.4 is 0 Å². The van der Waals surface area contributed by atoms with Crippen LogP contribution in [0.15, 0.2) is 81.8 Å². The van der Waals surface area contributed by atoms with E-state index in [1.54, 1.807) is 24.3 Å². The number of halogens is 3. The summed E-state index contributed by atoms with van der Waals surface area (Å²) in [4.78, 5) is 10.7. The topological polar surface area (TPSA) is 101 Å². The highest BCUT2D eigenvalue weighted by Crippen LogP contribution is 2.27. The van der Waals surface area contributed by atoms with Gasteiger partial charge in [-0.3, -0.25) is 4.90 Å². The van der Waals surface area contributed by atoms with Gasteiger partial charge in [-0.1, -0.05) is 69.9 Å². The van der Waals surface area contributed by atoms with Crippen LogP contribution in [0.2, 0.25) is 10.0 Å². The smallest absolute Gasteiger partial charge is 0.241 e. The predicted molar refractivity (Wildman–Crippen MR) is 135 cm³/mol. The summed E-state index contributed by atoms with van der Waals surface area (Å²) in [5.74, 6) is 0.903. The molecule has 0 aliphatic heterocycles. The molecule has 5 rings (SSSR count). The second-order valence-corrected chi connectivity index (χ2v) is 9.03. The van der Waals surface area contributed by atoms with E-state index in [0.717, 1.165) is 0 Å². The molecule has 2 aromatic heterocycles. The Kier molecular flexibility index (Phi) is 7.57. The summed E-state index contributed by atoms with van der Waals surface area (Å²) in [5.41, 5.74) is 1.83. The SMILES string of the molecule is OC(CN(Cc1nc(-c2ccccc2Cl)no1)Cc1nc(-c2ccccc2Cl)no1)c1ccc(F)cc1. The van der Waals surface area contributed by atoms with Crippen LogP contribution in [0.5, 0.6) is 0 Å². The Balaban J connectivity index is 1.38. The molecule has 1 unspecified atom stereocenters. The van der Waals surface area contributed by atoms with Gasteiger partial charge in [0.05, 0.1) is 29.2 Å². The van der Waals surface area contributed by atoms with Crippen molar-refractivity contribution in [3.63, 3.8) is 0 Å². The first-order valence-corrected chi connectivity index (χ1v) is 12.0. The van der Waals surface area contributed by atoms with E-state index in [4.69, 9.17) is 32.2 Å². The highest BCUT2D eigenvalue weighted by atomic mass is 35.5. The molecule has 0 radical (unpaired) electrons. The van der Waals surface area contributed by atoms with Gasteiger partial charge in [0.2, 0.25) is 23.4 Å². The summed E-state index contributed by atoms with van der Waals surface area (Å²) >= 11 is 12.5. The maximum Gasteiger partial charge on any atom is 0.241 e. The lowest BCUT2D eigenvalue weighted by atomic mass is 10.1. The van der Waals surface area contributed by atoms with E-state index >= 15 is 0 Å². The van der Waals surface area contributed by atoms with Crippen molar-refractivity contribution in [1.82, 2.24) is 25.2 Å². The molecule has 1 atom stereocenters. The molecule has 0 spiro atoms. The number of aromatic nitrogens is 4. The Morgan fingerprint density at radius 1 is 0.757 bits per heavy atom. The fraction of sp³-hybridized carbons (Fsp3) is 0.154. The van der Waals surface area contributed by atoms with E-state index in [0.29, 0.717) is 50.2 Å². The molecule has 188 valence electrons. The van der Waals surface area contributed by atoms with Crippen molar-refractivity contribution in [3.05, 3.63) is 106 Å². The first kappa shape index (κ1) is 25.0. The van der Waals surface area contributed by atoms with Crippen molar-refractivity contribution in [3.8, 4) is 22.8 Å². The fourth-order valence-electron chi connectivity index (χ4n) is 3.74. The molecule has 0 fully saturated rings. The van der Waals surface area contributed by atoms with Gasteiger partial charge in [0.25, 0.3) is 0 Å². The monoisotopic (exact) mass is 539 g/mol. The minimum atomic E-state index is -0.933. The van der Waals surface area contributed by atoms with Crippen LogP contribution in [0.4, 0.5) is 4.39 Å². The number of rotatable bonds is 9. The van der Waals surface area contributed by atoms with E-state index in [2.05, 4.69) is 20.3 Å². The van der Waals surface area contributed by atoms with Gasteiger partial charge in [0, 0.05) is 17.7 Å². The Morgan fingerprint density at radius 2 is 1.24 bits per heavy atom. The lowest BCUT2D eigenvalue weighted by molar-refractivity contribution is 0.0905. The third-order valence-electron chi connectivity index (χ3n) is 5.57. The molecule has 0 bridgehead atoms. The van der Waals surface area contributed by atoms with Gasteiger partial charge in [0.1, 0.15) is 5.82 Å². The summed E-state index contributed by atoms with van der Waals surface area (Å²) in [6.45, 7) is 0.471. The zero-order valence-corrected chi connectivity index (χ0v) is 20.8. The van der Waals surface area contributed by atoms with Crippen LogP contribution in [-0.4, -0.2) is 36.8 Å². The summed E-state index contributed by atoms with van der Waals surface area (Å²) in [5, 5.41) is 19.9. The number of hydrogen-bond donors (Lipinski definition) is 1. The molecule has 37 heavy (non-hydrogen) atoms. The van der Waals surface area contributed by atoms with Gasteiger partial charge >= 0.3 is 0 Å². The number of aliphatic hydroxyl groups is 1. The van der Waals surface area contributed by atoms with Gasteiger partial charge in [-0.15, -0.1) is 0 Å². The number of aliphatic hydroxyl groups excluding tert-OH is 1. The highest BCUT2D eigenvalue weighted by molar-refractivity contribution is 6.33. The fourth-order valence-corrected chi connectivity index (χ4v) is 4.19. The molecule has 8 nitrogen and oxygen atoms in total. The van der Waals surface area contributed by atoms with Crippen molar-refractivity contribution in [1.29, 1.82) is 0 Å². The second-order valence-electron chi connectivity index (χ2n) is 8.22. The quantitative estimate of drug-likeness (QED) is 0.244. The molecule has 0 saturated heterocycles. The molecule has 5 aromatic rings. The molecule has 11 heteroatoms. The van der Waals surface area contributed by atoms with Crippen molar-refractivity contribution in [2.75, 3.05) is 6.54 Å². The van der Waals surface area contributed by atoms with Gasteiger partial charge < -0.3 is 14.2 Å². The first-order valence-electron chi connectivity index (χ1n) is 11.3. The molecule has 0 aliphatic rings. The molecule has 0 amide bonds. The predicted octanol–water partition coefficient (Wildman–Crippen LogP) is 5.97. The van der Waals surface area contributed by atoms with Crippen molar-refractivity contribution in [2.24, 2.45) is 0 Å². The first-order chi connectivity index (χ1) is 18.0. The molecular formula is C26H20Cl2FN5O3. The maximum atomic E-state index is 13.4. The van der Waals surface area contributed by atoms with Gasteiger partial charge in [0.15, 0.2) is 0 Å². The van der Waals surface area contributed by atoms with Crippen molar-refractivity contribution < 1.29 is 18.5 Å². The lowest BCUT2D eigenvalue weighted by Crippen LogP contribution is -2.28. The highest BCUT2D eigenvalue weighted by Gasteiger charge is 2.21. The van der Waals surface area contributed by atoms with Crippen LogP contribution in [0, 0.1) is 5.82 Å². The van der Waals surface area contributed by atoms with Crippen molar-refractivity contribution >= 4 is 23.2 Å².